The Bertz CT molecular complexity index is 564. The zero-order valence-electron chi connectivity index (χ0n) is 10.5. The summed E-state index contributed by atoms with van der Waals surface area (Å²) < 4.78 is 26.1. The van der Waals surface area contributed by atoms with Gasteiger partial charge >= 0.3 is 0 Å². The normalized spacial score (nSPS) is 17.5. The highest BCUT2D eigenvalue weighted by Crippen LogP contribution is 2.18. The lowest BCUT2D eigenvalue weighted by Crippen LogP contribution is -2.36. The van der Waals surface area contributed by atoms with Gasteiger partial charge in [0, 0.05) is 18.8 Å². The summed E-state index contributed by atoms with van der Waals surface area (Å²) in [6.07, 6.45) is 2.88. The van der Waals surface area contributed by atoms with Gasteiger partial charge in [-0.15, -0.1) is 0 Å². The monoisotopic (exact) mass is 266 g/mol. The maximum absolute atomic E-state index is 12.3. The second-order valence-electron chi connectivity index (χ2n) is 4.67. The number of nitrogen functional groups attached to an aromatic ring is 1. The van der Waals surface area contributed by atoms with Crippen LogP contribution in [0.5, 0.6) is 0 Å². The summed E-state index contributed by atoms with van der Waals surface area (Å²) in [7, 11) is -3.25. The quantitative estimate of drug-likeness (QED) is 0.669. The van der Waals surface area contributed by atoms with E-state index in [1.54, 1.807) is 28.6 Å². The first kappa shape index (κ1) is 13.1. The van der Waals surface area contributed by atoms with Crippen molar-refractivity contribution in [3.05, 3.63) is 41.5 Å². The molecule has 98 valence electrons. The third-order valence-electron chi connectivity index (χ3n) is 2.99. The van der Waals surface area contributed by atoms with Crippen LogP contribution in [0.25, 0.3) is 0 Å². The molecule has 1 aromatic rings. The van der Waals surface area contributed by atoms with Gasteiger partial charge in [-0.1, -0.05) is 23.8 Å². The summed E-state index contributed by atoms with van der Waals surface area (Å²) in [6, 6.07) is 7.04. The van der Waals surface area contributed by atoms with Gasteiger partial charge in [0.15, 0.2) is 0 Å². The van der Waals surface area contributed by atoms with E-state index in [0.717, 1.165) is 17.6 Å². The van der Waals surface area contributed by atoms with Crippen LogP contribution in [0, 0.1) is 0 Å². The van der Waals surface area contributed by atoms with Crippen molar-refractivity contribution in [2.75, 3.05) is 18.8 Å². The molecular formula is C13H18N2O2S. The molecule has 0 amide bonds. The van der Waals surface area contributed by atoms with Crippen molar-refractivity contribution in [2.24, 2.45) is 0 Å². The van der Waals surface area contributed by atoms with Gasteiger partial charge in [-0.25, -0.2) is 8.42 Å². The Hall–Kier alpha value is -1.33. The average Bonchev–Trinajstić information content (AvgIpc) is 2.28. The van der Waals surface area contributed by atoms with Crippen LogP contribution in [0.2, 0.25) is 0 Å². The lowest BCUT2D eigenvalue weighted by molar-refractivity contribution is 0.427. The number of hydrogen-bond acceptors (Lipinski definition) is 3. The molecule has 0 aliphatic carbocycles. The summed E-state index contributed by atoms with van der Waals surface area (Å²) >= 11 is 0. The molecule has 1 heterocycles. The molecule has 0 aromatic heterocycles. The van der Waals surface area contributed by atoms with Crippen molar-refractivity contribution >= 4 is 15.7 Å². The molecule has 0 saturated carbocycles. The highest BCUT2D eigenvalue weighted by atomic mass is 32.2. The molecule has 1 aromatic carbocycles. The largest absolute Gasteiger partial charge is 0.399 e. The minimum atomic E-state index is -3.25. The molecule has 0 unspecified atom stereocenters. The number of nitrogens with zero attached hydrogens (tertiary/aromatic N) is 1. The second kappa shape index (κ2) is 5.12. The topological polar surface area (TPSA) is 63.4 Å². The molecule has 1 aliphatic heterocycles. The van der Waals surface area contributed by atoms with Gasteiger partial charge in [0.05, 0.1) is 5.75 Å². The predicted octanol–water partition coefficient (Wildman–Crippen LogP) is 1.75. The van der Waals surface area contributed by atoms with Crippen LogP contribution in [0.3, 0.4) is 0 Å². The van der Waals surface area contributed by atoms with Crippen LogP contribution in [-0.4, -0.2) is 25.8 Å². The molecule has 4 nitrogen and oxygen atoms in total. The number of sulfonamides is 1. The van der Waals surface area contributed by atoms with Gasteiger partial charge in [-0.3, -0.25) is 0 Å². The summed E-state index contributed by atoms with van der Waals surface area (Å²) in [5, 5.41) is 0. The molecule has 2 N–H and O–H groups in total. The van der Waals surface area contributed by atoms with Gasteiger partial charge in [0.25, 0.3) is 0 Å². The molecule has 18 heavy (non-hydrogen) atoms. The molecule has 1 aliphatic rings. The summed E-state index contributed by atoms with van der Waals surface area (Å²) in [5.74, 6) is 0.0192. The van der Waals surface area contributed by atoms with Crippen LogP contribution in [-0.2, 0) is 15.8 Å². The van der Waals surface area contributed by atoms with E-state index in [-0.39, 0.29) is 5.75 Å². The lowest BCUT2D eigenvalue weighted by Gasteiger charge is -2.25. The molecule has 0 atom stereocenters. The zero-order chi connectivity index (χ0) is 13.2. The minimum Gasteiger partial charge on any atom is -0.399 e. The standard InChI is InChI=1S/C13H18N2O2S/c1-11-4-3-7-15(9-11)18(16,17)10-12-5-2-6-13(14)8-12/h2,4-6,8H,3,7,9-10,14H2,1H3. The van der Waals surface area contributed by atoms with E-state index in [2.05, 4.69) is 6.08 Å². The molecule has 0 radical (unpaired) electrons. The van der Waals surface area contributed by atoms with Crippen molar-refractivity contribution in [1.29, 1.82) is 0 Å². The van der Waals surface area contributed by atoms with E-state index in [4.69, 9.17) is 5.73 Å². The third-order valence-corrected chi connectivity index (χ3v) is 4.79. The highest BCUT2D eigenvalue weighted by Gasteiger charge is 2.24. The summed E-state index contributed by atoms with van der Waals surface area (Å²) in [4.78, 5) is 0. The third kappa shape index (κ3) is 3.11. The maximum Gasteiger partial charge on any atom is 0.218 e. The van der Waals surface area contributed by atoms with E-state index in [1.807, 2.05) is 6.92 Å². The van der Waals surface area contributed by atoms with Crippen LogP contribution in [0.15, 0.2) is 35.9 Å². The van der Waals surface area contributed by atoms with Gasteiger partial charge in [0.2, 0.25) is 10.0 Å². The molecule has 0 saturated heterocycles. The molecule has 0 fully saturated rings. The van der Waals surface area contributed by atoms with E-state index < -0.39 is 10.0 Å². The Kier molecular flexibility index (Phi) is 3.73. The smallest absolute Gasteiger partial charge is 0.218 e. The number of anilines is 1. The van der Waals surface area contributed by atoms with Crippen molar-refractivity contribution < 1.29 is 8.42 Å². The van der Waals surface area contributed by atoms with Crippen LogP contribution < -0.4 is 5.73 Å². The number of nitrogens with two attached hydrogens (primary N) is 1. The molecule has 0 spiro atoms. The van der Waals surface area contributed by atoms with Crippen molar-refractivity contribution in [2.45, 2.75) is 19.1 Å². The Labute approximate surface area is 108 Å². The van der Waals surface area contributed by atoms with Crippen LogP contribution in [0.1, 0.15) is 18.9 Å². The SMILES string of the molecule is CC1=CCCN(S(=O)(=O)Cc2cccc(N)c2)C1. The van der Waals surface area contributed by atoms with Crippen LogP contribution >= 0.6 is 0 Å². The Morgan fingerprint density at radius 1 is 1.39 bits per heavy atom. The first-order valence-electron chi connectivity index (χ1n) is 5.95. The zero-order valence-corrected chi connectivity index (χ0v) is 11.3. The highest BCUT2D eigenvalue weighted by molar-refractivity contribution is 7.88. The molecule has 0 bridgehead atoms. The van der Waals surface area contributed by atoms with Crippen molar-refractivity contribution in [3.8, 4) is 0 Å². The van der Waals surface area contributed by atoms with Gasteiger partial charge in [-0.05, 0) is 31.0 Å². The van der Waals surface area contributed by atoms with E-state index in [9.17, 15) is 8.42 Å². The molecule has 5 heteroatoms. The fourth-order valence-electron chi connectivity index (χ4n) is 2.10. The molecular weight excluding hydrogens is 248 g/mol. The minimum absolute atomic E-state index is 0.0192. The van der Waals surface area contributed by atoms with Gasteiger partial charge < -0.3 is 5.73 Å². The van der Waals surface area contributed by atoms with E-state index in [1.165, 1.54) is 0 Å². The van der Waals surface area contributed by atoms with Gasteiger partial charge in [-0.2, -0.15) is 4.31 Å². The van der Waals surface area contributed by atoms with Crippen molar-refractivity contribution in [3.63, 3.8) is 0 Å². The molecule has 2 rings (SSSR count). The lowest BCUT2D eigenvalue weighted by atomic mass is 10.2. The van der Waals surface area contributed by atoms with Gasteiger partial charge in [0.1, 0.15) is 0 Å². The predicted molar refractivity (Wildman–Crippen MR) is 73.4 cm³/mol. The number of benzene rings is 1. The maximum atomic E-state index is 12.3. The summed E-state index contributed by atoms with van der Waals surface area (Å²) in [6.45, 7) is 3.04. The Balaban J connectivity index is 2.15. The fourth-order valence-corrected chi connectivity index (χ4v) is 3.67. The summed E-state index contributed by atoms with van der Waals surface area (Å²) in [5.41, 5.74) is 8.10. The Morgan fingerprint density at radius 2 is 2.17 bits per heavy atom. The first-order valence-corrected chi connectivity index (χ1v) is 7.56. The fraction of sp³-hybridized carbons (Fsp3) is 0.385. The van der Waals surface area contributed by atoms with Crippen molar-refractivity contribution in [1.82, 2.24) is 4.31 Å². The average molecular weight is 266 g/mol. The number of rotatable bonds is 3. The first-order chi connectivity index (χ1) is 8.47. The van der Waals surface area contributed by atoms with E-state index in [0.29, 0.717) is 18.8 Å². The number of hydrogen-bond donors (Lipinski definition) is 1. The second-order valence-corrected chi connectivity index (χ2v) is 6.64. The van der Waals surface area contributed by atoms with Crippen LogP contribution in [0.4, 0.5) is 5.69 Å². The van der Waals surface area contributed by atoms with E-state index >= 15 is 0 Å². The Morgan fingerprint density at radius 3 is 2.83 bits per heavy atom.